The summed E-state index contributed by atoms with van der Waals surface area (Å²) in [4.78, 5) is 25.3. The first-order valence-corrected chi connectivity index (χ1v) is 11.1. The first-order chi connectivity index (χ1) is 14.4. The number of thioether (sulfide) groups is 1. The molecule has 0 saturated carbocycles. The Balaban J connectivity index is 1.59. The minimum absolute atomic E-state index is 0.144. The number of aliphatic hydroxyl groups is 2. The second-order valence-corrected chi connectivity index (χ2v) is 8.83. The molecule has 3 heterocycles. The maximum Gasteiger partial charge on any atom is 0.332 e. The summed E-state index contributed by atoms with van der Waals surface area (Å²) < 4.78 is 10.1. The third kappa shape index (κ3) is 5.20. The molecule has 3 unspecified atom stereocenters. The van der Waals surface area contributed by atoms with Crippen LogP contribution in [0.15, 0.2) is 22.0 Å². The predicted molar refractivity (Wildman–Crippen MR) is 113 cm³/mol. The van der Waals surface area contributed by atoms with Gasteiger partial charge in [0.15, 0.2) is 0 Å². The number of aliphatic hydroxyl groups excluding tert-OH is 2. The first kappa shape index (κ1) is 22.7. The van der Waals surface area contributed by atoms with Gasteiger partial charge in [-0.05, 0) is 13.3 Å². The van der Waals surface area contributed by atoms with Crippen molar-refractivity contribution in [3.05, 3.63) is 44.5 Å². The van der Waals surface area contributed by atoms with Gasteiger partial charge in [0.25, 0.3) is 5.56 Å². The van der Waals surface area contributed by atoms with Gasteiger partial charge in [-0.2, -0.15) is 0 Å². The Kier molecular flexibility index (Phi) is 7.87. The topological polar surface area (TPSA) is 124 Å². The van der Waals surface area contributed by atoms with Gasteiger partial charge < -0.3 is 14.9 Å². The molecule has 0 radical (unpaired) electrons. The van der Waals surface area contributed by atoms with Gasteiger partial charge in [-0.3, -0.25) is 18.6 Å². The summed E-state index contributed by atoms with van der Waals surface area (Å²) in [6, 6.07) is 0. The lowest BCUT2D eigenvalue weighted by atomic mass is 10.2. The molecule has 1 aliphatic heterocycles. The lowest BCUT2D eigenvalue weighted by Crippen LogP contribution is -2.42. The number of nitrogens with zero attached hydrogens (tertiary/aromatic N) is 5. The van der Waals surface area contributed by atoms with Gasteiger partial charge in [-0.15, -0.1) is 16.9 Å². The summed E-state index contributed by atoms with van der Waals surface area (Å²) in [5, 5.41) is 26.9. The zero-order chi connectivity index (χ0) is 21.7. The molecule has 10 nitrogen and oxygen atoms in total. The minimum atomic E-state index is -0.684. The van der Waals surface area contributed by atoms with Crippen LogP contribution in [0, 0.1) is 6.92 Å². The largest absolute Gasteiger partial charge is 0.395 e. The van der Waals surface area contributed by atoms with E-state index in [-0.39, 0.29) is 35.9 Å². The molecule has 11 heteroatoms. The summed E-state index contributed by atoms with van der Waals surface area (Å²) in [5.74, 6) is 0. The number of rotatable bonds is 10. The molecule has 30 heavy (non-hydrogen) atoms. The van der Waals surface area contributed by atoms with Crippen molar-refractivity contribution in [1.82, 2.24) is 24.1 Å². The van der Waals surface area contributed by atoms with Crippen molar-refractivity contribution < 1.29 is 14.9 Å². The summed E-state index contributed by atoms with van der Waals surface area (Å²) in [5.41, 5.74) is 0.517. The second-order valence-electron chi connectivity index (χ2n) is 7.41. The third-order valence-electron chi connectivity index (χ3n) is 5.06. The number of aryl methyl sites for hydroxylation is 2. The fraction of sp³-hybridized carbons (Fsp3) is 0.684. The van der Waals surface area contributed by atoms with E-state index >= 15 is 0 Å². The van der Waals surface area contributed by atoms with E-state index in [1.165, 1.54) is 27.1 Å². The Morgan fingerprint density at radius 3 is 2.77 bits per heavy atom. The molecule has 1 fully saturated rings. The number of aromatic nitrogens is 5. The molecule has 3 rings (SSSR count). The van der Waals surface area contributed by atoms with Gasteiger partial charge in [-0.25, -0.2) is 4.79 Å². The van der Waals surface area contributed by atoms with Gasteiger partial charge in [0.05, 0.1) is 48.8 Å². The average molecular weight is 440 g/mol. The highest BCUT2D eigenvalue weighted by Gasteiger charge is 2.35. The Hall–Kier alpha value is -1.95. The summed E-state index contributed by atoms with van der Waals surface area (Å²) in [6.07, 6.45) is 4.69. The molecule has 0 spiro atoms. The van der Waals surface area contributed by atoms with E-state index < -0.39 is 11.8 Å². The van der Waals surface area contributed by atoms with Gasteiger partial charge in [0.2, 0.25) is 0 Å². The van der Waals surface area contributed by atoms with Crippen LogP contribution in [0.1, 0.15) is 36.4 Å². The number of hydrogen-bond acceptors (Lipinski definition) is 8. The monoisotopic (exact) mass is 439 g/mol. The van der Waals surface area contributed by atoms with Crippen LogP contribution in [0.2, 0.25) is 0 Å². The molecule has 1 aliphatic rings. The van der Waals surface area contributed by atoms with E-state index in [2.05, 4.69) is 17.2 Å². The van der Waals surface area contributed by atoms with Crippen LogP contribution in [0.3, 0.4) is 0 Å². The molecule has 0 amide bonds. The number of ether oxygens (including phenoxy) is 1. The molecule has 0 aliphatic carbocycles. The zero-order valence-corrected chi connectivity index (χ0v) is 18.1. The lowest BCUT2D eigenvalue weighted by molar-refractivity contribution is 0.125. The van der Waals surface area contributed by atoms with E-state index in [1.807, 2.05) is 6.20 Å². The molecule has 2 N–H and O–H groups in total. The molecule has 2 aromatic rings. The standard InChI is InChI=1S/C19H29N5O5S/c1-3-5-22-11-14(20-21-22)4-7-29-8-6-23-18(27)13(2)10-24(19(23)28)17-9-15(26)16(12-25)30-17/h10-11,15-17,25-26H,3-9,12H2,1-2H3. The average Bonchev–Trinajstić information content (AvgIpc) is 3.33. The molecule has 0 aromatic carbocycles. The van der Waals surface area contributed by atoms with Crippen molar-refractivity contribution >= 4 is 11.8 Å². The molecule has 1 saturated heterocycles. The summed E-state index contributed by atoms with van der Waals surface area (Å²) in [6.45, 7) is 5.19. The van der Waals surface area contributed by atoms with Crippen LogP contribution in [-0.4, -0.2) is 65.5 Å². The highest BCUT2D eigenvalue weighted by Crippen LogP contribution is 2.40. The predicted octanol–water partition coefficient (Wildman–Crippen LogP) is -0.0635. The zero-order valence-electron chi connectivity index (χ0n) is 17.3. The van der Waals surface area contributed by atoms with E-state index in [1.54, 1.807) is 11.6 Å². The molecule has 0 bridgehead atoms. The van der Waals surface area contributed by atoms with Crippen molar-refractivity contribution in [2.24, 2.45) is 0 Å². The summed E-state index contributed by atoms with van der Waals surface area (Å²) in [7, 11) is 0. The van der Waals surface area contributed by atoms with Crippen molar-refractivity contribution in [3.63, 3.8) is 0 Å². The minimum Gasteiger partial charge on any atom is -0.395 e. The Morgan fingerprint density at radius 1 is 1.27 bits per heavy atom. The maximum absolute atomic E-state index is 12.9. The van der Waals surface area contributed by atoms with Crippen LogP contribution in [-0.2, 0) is 24.2 Å². The highest BCUT2D eigenvalue weighted by molar-refractivity contribution is 8.00. The molecular formula is C19H29N5O5S. The Morgan fingerprint density at radius 2 is 2.07 bits per heavy atom. The molecule has 166 valence electrons. The van der Waals surface area contributed by atoms with Crippen molar-refractivity contribution in [2.45, 2.75) is 62.9 Å². The van der Waals surface area contributed by atoms with E-state index in [4.69, 9.17) is 4.74 Å². The fourth-order valence-corrected chi connectivity index (χ4v) is 4.81. The van der Waals surface area contributed by atoms with Crippen molar-refractivity contribution in [1.29, 1.82) is 0 Å². The third-order valence-corrected chi connectivity index (χ3v) is 6.61. The van der Waals surface area contributed by atoms with Crippen LogP contribution in [0.25, 0.3) is 0 Å². The normalized spacial score (nSPS) is 21.4. The molecule has 3 atom stereocenters. The lowest BCUT2D eigenvalue weighted by Gasteiger charge is -2.16. The molecule has 2 aromatic heterocycles. The fourth-order valence-electron chi connectivity index (χ4n) is 3.44. The maximum atomic E-state index is 12.9. The molecular weight excluding hydrogens is 410 g/mol. The van der Waals surface area contributed by atoms with Crippen LogP contribution < -0.4 is 11.2 Å². The smallest absolute Gasteiger partial charge is 0.332 e. The second kappa shape index (κ2) is 10.4. The number of hydrogen-bond donors (Lipinski definition) is 2. The Bertz CT molecular complexity index is 956. The SMILES string of the molecule is CCCn1cc(CCOCCn2c(=O)c(C)cn(C3CC(O)C(CO)S3)c2=O)nn1. The van der Waals surface area contributed by atoms with E-state index in [0.717, 1.165) is 18.7 Å². The van der Waals surface area contributed by atoms with Gasteiger partial charge in [0, 0.05) is 37.3 Å². The van der Waals surface area contributed by atoms with Gasteiger partial charge in [-0.1, -0.05) is 12.1 Å². The van der Waals surface area contributed by atoms with Crippen molar-refractivity contribution in [3.8, 4) is 0 Å². The van der Waals surface area contributed by atoms with Crippen LogP contribution in [0.4, 0.5) is 0 Å². The quantitative estimate of drug-likeness (QED) is 0.493. The van der Waals surface area contributed by atoms with Crippen LogP contribution in [0.5, 0.6) is 0 Å². The van der Waals surface area contributed by atoms with E-state index in [0.29, 0.717) is 25.0 Å². The van der Waals surface area contributed by atoms with E-state index in [9.17, 15) is 19.8 Å². The van der Waals surface area contributed by atoms with Crippen molar-refractivity contribution in [2.75, 3.05) is 19.8 Å². The first-order valence-electron chi connectivity index (χ1n) is 10.2. The highest BCUT2D eigenvalue weighted by atomic mass is 32.2. The Labute approximate surface area is 178 Å². The summed E-state index contributed by atoms with van der Waals surface area (Å²) >= 11 is 1.35. The van der Waals surface area contributed by atoms with Gasteiger partial charge >= 0.3 is 5.69 Å². The van der Waals surface area contributed by atoms with Crippen LogP contribution >= 0.6 is 11.8 Å². The van der Waals surface area contributed by atoms with Gasteiger partial charge in [0.1, 0.15) is 0 Å².